The number of nitrogens with zero attached hydrogens (tertiary/aromatic N) is 1. The molecular weight excluding hydrogens is 339 g/mol. The van der Waals surface area contributed by atoms with Gasteiger partial charge in [-0.25, -0.2) is 4.98 Å². The van der Waals surface area contributed by atoms with Gasteiger partial charge in [-0.1, -0.05) is 26.0 Å². The highest BCUT2D eigenvalue weighted by atomic mass is 127. The van der Waals surface area contributed by atoms with E-state index in [-0.39, 0.29) is 0 Å². The highest BCUT2D eigenvalue weighted by Gasteiger charge is 2.10. The standard InChI is InChI=1S/C14H17IN2O/c1-10(2)7-16-8-13-14(18-9-17-13)11-3-5-12(15)6-4-11/h3-6,9-10,16H,7-8H2,1-2H3. The zero-order valence-corrected chi connectivity index (χ0v) is 12.8. The molecule has 96 valence electrons. The van der Waals surface area contributed by atoms with Gasteiger partial charge >= 0.3 is 0 Å². The van der Waals surface area contributed by atoms with Gasteiger partial charge in [0.25, 0.3) is 0 Å². The topological polar surface area (TPSA) is 38.1 Å². The lowest BCUT2D eigenvalue weighted by atomic mass is 10.1. The first-order chi connectivity index (χ1) is 8.66. The van der Waals surface area contributed by atoms with Gasteiger partial charge in [-0.3, -0.25) is 0 Å². The Hall–Kier alpha value is -0.880. The van der Waals surface area contributed by atoms with Gasteiger partial charge in [0.1, 0.15) is 5.69 Å². The summed E-state index contributed by atoms with van der Waals surface area (Å²) in [6.45, 7) is 6.11. The molecule has 0 aliphatic rings. The lowest BCUT2D eigenvalue weighted by molar-refractivity contribution is 0.545. The van der Waals surface area contributed by atoms with Crippen LogP contribution >= 0.6 is 22.6 Å². The van der Waals surface area contributed by atoms with Crippen molar-refractivity contribution in [1.29, 1.82) is 0 Å². The molecule has 0 unspecified atom stereocenters. The first-order valence-electron chi connectivity index (χ1n) is 6.06. The summed E-state index contributed by atoms with van der Waals surface area (Å²) < 4.78 is 6.71. The Balaban J connectivity index is 2.10. The second-order valence-electron chi connectivity index (χ2n) is 4.66. The smallest absolute Gasteiger partial charge is 0.181 e. The maximum atomic E-state index is 5.49. The molecule has 1 aromatic heterocycles. The first-order valence-corrected chi connectivity index (χ1v) is 7.13. The highest BCUT2D eigenvalue weighted by Crippen LogP contribution is 2.23. The van der Waals surface area contributed by atoms with Crippen LogP contribution in [0.3, 0.4) is 0 Å². The van der Waals surface area contributed by atoms with E-state index in [4.69, 9.17) is 4.42 Å². The molecule has 1 heterocycles. The molecule has 0 spiro atoms. The van der Waals surface area contributed by atoms with Crippen molar-refractivity contribution in [3.63, 3.8) is 0 Å². The summed E-state index contributed by atoms with van der Waals surface area (Å²) in [5.41, 5.74) is 2.05. The van der Waals surface area contributed by atoms with Gasteiger partial charge in [0.2, 0.25) is 0 Å². The average Bonchev–Trinajstić information content (AvgIpc) is 2.78. The Morgan fingerprint density at radius 2 is 2.00 bits per heavy atom. The van der Waals surface area contributed by atoms with Gasteiger partial charge in [-0.2, -0.15) is 0 Å². The SMILES string of the molecule is CC(C)CNCc1ncoc1-c1ccc(I)cc1. The van der Waals surface area contributed by atoms with Crippen LogP contribution in [0.2, 0.25) is 0 Å². The Kier molecular flexibility index (Phi) is 4.77. The van der Waals surface area contributed by atoms with Crippen molar-refractivity contribution in [2.75, 3.05) is 6.54 Å². The van der Waals surface area contributed by atoms with Crippen molar-refractivity contribution in [3.05, 3.63) is 39.9 Å². The Morgan fingerprint density at radius 3 is 2.67 bits per heavy atom. The molecule has 2 rings (SSSR count). The number of hydrogen-bond acceptors (Lipinski definition) is 3. The van der Waals surface area contributed by atoms with Crippen molar-refractivity contribution in [1.82, 2.24) is 10.3 Å². The number of nitrogens with one attached hydrogen (secondary N) is 1. The van der Waals surface area contributed by atoms with Crippen LogP contribution in [0, 0.1) is 9.49 Å². The fraction of sp³-hybridized carbons (Fsp3) is 0.357. The molecule has 18 heavy (non-hydrogen) atoms. The van der Waals surface area contributed by atoms with Gasteiger partial charge in [-0.05, 0) is 47.2 Å². The summed E-state index contributed by atoms with van der Waals surface area (Å²) in [4.78, 5) is 4.28. The normalized spacial score (nSPS) is 11.1. The van der Waals surface area contributed by atoms with Crippen molar-refractivity contribution >= 4 is 22.6 Å². The van der Waals surface area contributed by atoms with E-state index in [0.717, 1.165) is 30.1 Å². The van der Waals surface area contributed by atoms with E-state index in [9.17, 15) is 0 Å². The summed E-state index contributed by atoms with van der Waals surface area (Å²) in [6, 6.07) is 8.27. The van der Waals surface area contributed by atoms with Gasteiger partial charge in [0.15, 0.2) is 12.2 Å². The molecule has 2 aromatic rings. The van der Waals surface area contributed by atoms with Gasteiger partial charge in [-0.15, -0.1) is 0 Å². The second kappa shape index (κ2) is 6.33. The van der Waals surface area contributed by atoms with E-state index in [2.05, 4.69) is 71.0 Å². The van der Waals surface area contributed by atoms with Crippen molar-refractivity contribution in [3.8, 4) is 11.3 Å². The molecule has 3 nitrogen and oxygen atoms in total. The molecular formula is C14H17IN2O. The minimum absolute atomic E-state index is 0.638. The molecule has 0 aliphatic heterocycles. The molecule has 0 fully saturated rings. The van der Waals surface area contributed by atoms with E-state index >= 15 is 0 Å². The van der Waals surface area contributed by atoms with E-state index in [1.54, 1.807) is 0 Å². The van der Waals surface area contributed by atoms with Crippen LogP contribution in [0.1, 0.15) is 19.5 Å². The summed E-state index contributed by atoms with van der Waals surface area (Å²) in [5.74, 6) is 1.50. The van der Waals surface area contributed by atoms with Gasteiger partial charge < -0.3 is 9.73 Å². The van der Waals surface area contributed by atoms with E-state index in [1.807, 2.05) is 0 Å². The number of hydrogen-bond donors (Lipinski definition) is 1. The molecule has 0 bridgehead atoms. The van der Waals surface area contributed by atoms with E-state index in [0.29, 0.717) is 5.92 Å². The first kappa shape index (κ1) is 13.5. The lowest BCUT2D eigenvalue weighted by Crippen LogP contribution is -2.19. The van der Waals surface area contributed by atoms with Crippen molar-refractivity contribution < 1.29 is 4.42 Å². The number of halogens is 1. The Bertz CT molecular complexity index is 491. The molecule has 1 aromatic carbocycles. The van der Waals surface area contributed by atoms with Crippen LogP contribution in [-0.4, -0.2) is 11.5 Å². The predicted octanol–water partition coefficient (Wildman–Crippen LogP) is 3.69. The predicted molar refractivity (Wildman–Crippen MR) is 81.2 cm³/mol. The fourth-order valence-electron chi connectivity index (χ4n) is 1.71. The van der Waals surface area contributed by atoms with Gasteiger partial charge in [0, 0.05) is 15.7 Å². The minimum Gasteiger partial charge on any atom is -0.443 e. The van der Waals surface area contributed by atoms with Crippen molar-refractivity contribution in [2.45, 2.75) is 20.4 Å². The third-order valence-electron chi connectivity index (χ3n) is 2.59. The second-order valence-corrected chi connectivity index (χ2v) is 5.91. The molecule has 0 radical (unpaired) electrons. The summed E-state index contributed by atoms with van der Waals surface area (Å²) >= 11 is 2.29. The molecule has 0 saturated carbocycles. The zero-order chi connectivity index (χ0) is 13.0. The number of benzene rings is 1. The highest BCUT2D eigenvalue weighted by molar-refractivity contribution is 14.1. The fourth-order valence-corrected chi connectivity index (χ4v) is 2.07. The molecule has 0 amide bonds. The Labute approximate surface area is 121 Å². The summed E-state index contributed by atoms with van der Waals surface area (Å²) in [6.07, 6.45) is 1.51. The van der Waals surface area contributed by atoms with Crippen LogP contribution < -0.4 is 5.32 Å². The molecule has 0 aliphatic carbocycles. The molecule has 0 saturated heterocycles. The van der Waals surface area contributed by atoms with Crippen molar-refractivity contribution in [2.24, 2.45) is 5.92 Å². The van der Waals surface area contributed by atoms with Crippen LogP contribution in [-0.2, 0) is 6.54 Å². The number of oxazole rings is 1. The van der Waals surface area contributed by atoms with Crippen LogP contribution in [0.25, 0.3) is 11.3 Å². The Morgan fingerprint density at radius 1 is 1.28 bits per heavy atom. The average molecular weight is 356 g/mol. The maximum absolute atomic E-state index is 5.49. The van der Waals surface area contributed by atoms with E-state index < -0.39 is 0 Å². The molecule has 0 atom stereocenters. The van der Waals surface area contributed by atoms with Crippen LogP contribution in [0.15, 0.2) is 35.1 Å². The maximum Gasteiger partial charge on any atom is 0.181 e. The van der Waals surface area contributed by atoms with Gasteiger partial charge in [0.05, 0.1) is 0 Å². The largest absolute Gasteiger partial charge is 0.443 e. The third kappa shape index (κ3) is 3.55. The molecule has 1 N–H and O–H groups in total. The zero-order valence-electron chi connectivity index (χ0n) is 10.6. The number of rotatable bonds is 5. The summed E-state index contributed by atoms with van der Waals surface area (Å²) in [5, 5.41) is 3.38. The number of aromatic nitrogens is 1. The quantitative estimate of drug-likeness (QED) is 0.831. The lowest BCUT2D eigenvalue weighted by Gasteiger charge is -2.06. The van der Waals surface area contributed by atoms with E-state index in [1.165, 1.54) is 9.96 Å². The minimum atomic E-state index is 0.638. The molecule has 4 heteroatoms. The summed E-state index contributed by atoms with van der Waals surface area (Å²) in [7, 11) is 0. The van der Waals surface area contributed by atoms with Crippen LogP contribution in [0.5, 0.6) is 0 Å². The van der Waals surface area contributed by atoms with Crippen LogP contribution in [0.4, 0.5) is 0 Å². The third-order valence-corrected chi connectivity index (χ3v) is 3.31. The monoisotopic (exact) mass is 356 g/mol.